The fourth-order valence-corrected chi connectivity index (χ4v) is 8.01. The number of Topliss-reactive ketones (excluding diaryl/α,β-unsaturated/α-hetero) is 1. The summed E-state index contributed by atoms with van der Waals surface area (Å²) < 4.78 is 5.53. The maximum atomic E-state index is 13.5. The minimum atomic E-state index is -0.523. The molecule has 0 amide bonds. The van der Waals surface area contributed by atoms with Crippen LogP contribution in [0.4, 0.5) is 0 Å². The lowest BCUT2D eigenvalue weighted by atomic mass is 9.43. The molecule has 3 aliphatic rings. The van der Waals surface area contributed by atoms with Gasteiger partial charge in [0.1, 0.15) is 6.10 Å². The molecular formula is C32H48O5. The molecule has 3 rings (SSSR count). The number of hydrogen-bond acceptors (Lipinski definition) is 5. The molecule has 0 bridgehead atoms. The summed E-state index contributed by atoms with van der Waals surface area (Å²) in [7, 11) is 0. The Morgan fingerprint density at radius 1 is 1.08 bits per heavy atom. The van der Waals surface area contributed by atoms with Gasteiger partial charge in [-0.1, -0.05) is 50.6 Å². The SMILES string of the molecule is CC(=O)O[C@@H](CC=C(C)C)/C(C)=C/C=C/C(C)=C1\C(=O)C[C@H]2[C@@]3(C)CC[C@@H](O)[C@](C)(CO)[C@@H]3CC[C@]12C. The molecule has 0 aromatic rings. The maximum Gasteiger partial charge on any atom is 0.303 e. The monoisotopic (exact) mass is 512 g/mol. The Balaban J connectivity index is 1.89. The van der Waals surface area contributed by atoms with Crippen LogP contribution in [0, 0.1) is 28.1 Å². The molecule has 0 aromatic carbocycles. The second-order valence-corrected chi connectivity index (χ2v) is 12.9. The molecule has 37 heavy (non-hydrogen) atoms. The Kier molecular flexibility index (Phi) is 8.81. The van der Waals surface area contributed by atoms with E-state index in [2.05, 4.69) is 19.9 Å². The number of aliphatic hydroxyl groups is 2. The van der Waals surface area contributed by atoms with Crippen LogP contribution < -0.4 is 0 Å². The van der Waals surface area contributed by atoms with Crippen LogP contribution in [0.3, 0.4) is 0 Å². The van der Waals surface area contributed by atoms with Crippen molar-refractivity contribution in [2.75, 3.05) is 6.61 Å². The van der Waals surface area contributed by atoms with Crippen LogP contribution in [0.2, 0.25) is 0 Å². The molecule has 3 fully saturated rings. The molecule has 0 aliphatic heterocycles. The van der Waals surface area contributed by atoms with E-state index >= 15 is 0 Å². The van der Waals surface area contributed by atoms with Gasteiger partial charge in [-0.3, -0.25) is 9.59 Å². The fraction of sp³-hybridized carbons (Fsp3) is 0.688. The first-order chi connectivity index (χ1) is 17.2. The summed E-state index contributed by atoms with van der Waals surface area (Å²) in [6.07, 6.45) is 11.7. The average Bonchev–Trinajstić information content (AvgIpc) is 3.10. The summed E-state index contributed by atoms with van der Waals surface area (Å²) in [4.78, 5) is 25.1. The highest BCUT2D eigenvalue weighted by Gasteiger charge is 2.65. The Hall–Kier alpha value is -1.98. The predicted octanol–water partition coefficient (Wildman–Crippen LogP) is 6.26. The number of ether oxygens (including phenoxy) is 1. The van der Waals surface area contributed by atoms with Gasteiger partial charge in [-0.25, -0.2) is 0 Å². The van der Waals surface area contributed by atoms with E-state index in [1.165, 1.54) is 12.5 Å². The van der Waals surface area contributed by atoms with Crippen LogP contribution in [-0.2, 0) is 14.3 Å². The van der Waals surface area contributed by atoms with Crippen molar-refractivity contribution < 1.29 is 24.5 Å². The molecule has 0 heterocycles. The smallest absolute Gasteiger partial charge is 0.303 e. The van der Waals surface area contributed by atoms with Crippen molar-refractivity contribution in [3.05, 3.63) is 46.6 Å². The molecule has 7 atom stereocenters. The summed E-state index contributed by atoms with van der Waals surface area (Å²) in [5.74, 6) is 0.335. The van der Waals surface area contributed by atoms with Gasteiger partial charge in [-0.05, 0) is 81.8 Å². The molecule has 0 radical (unpaired) electrons. The van der Waals surface area contributed by atoms with Crippen molar-refractivity contribution in [2.45, 2.75) is 106 Å². The summed E-state index contributed by atoms with van der Waals surface area (Å²) in [5.41, 5.74) is 3.25. The van der Waals surface area contributed by atoms with Crippen LogP contribution in [0.15, 0.2) is 46.6 Å². The van der Waals surface area contributed by atoms with Gasteiger partial charge in [0.15, 0.2) is 5.78 Å². The lowest BCUT2D eigenvalue weighted by Crippen LogP contribution is -2.59. The lowest BCUT2D eigenvalue weighted by molar-refractivity contribution is -0.178. The molecular weight excluding hydrogens is 464 g/mol. The van der Waals surface area contributed by atoms with Crippen molar-refractivity contribution in [3.63, 3.8) is 0 Å². The Morgan fingerprint density at radius 2 is 1.76 bits per heavy atom. The zero-order chi connectivity index (χ0) is 27.8. The highest BCUT2D eigenvalue weighted by atomic mass is 16.5. The van der Waals surface area contributed by atoms with Crippen LogP contribution in [-0.4, -0.2) is 40.8 Å². The first kappa shape index (κ1) is 29.6. The lowest BCUT2D eigenvalue weighted by Gasteiger charge is -2.62. The average molecular weight is 513 g/mol. The van der Waals surface area contributed by atoms with Gasteiger partial charge in [0.05, 0.1) is 12.7 Å². The van der Waals surface area contributed by atoms with Crippen LogP contribution in [0.5, 0.6) is 0 Å². The number of rotatable bonds is 7. The predicted molar refractivity (Wildman–Crippen MR) is 148 cm³/mol. The number of carbonyl (C=O) groups excluding carboxylic acids is 2. The molecule has 3 saturated carbocycles. The Labute approximate surface area is 223 Å². The van der Waals surface area contributed by atoms with Gasteiger partial charge in [-0.15, -0.1) is 0 Å². The third kappa shape index (κ3) is 5.45. The normalized spacial score (nSPS) is 38.2. The van der Waals surface area contributed by atoms with E-state index in [1.807, 2.05) is 52.8 Å². The molecule has 0 saturated heterocycles. The molecule has 2 N–H and O–H groups in total. The first-order valence-corrected chi connectivity index (χ1v) is 13.9. The van der Waals surface area contributed by atoms with Crippen LogP contribution in [0.25, 0.3) is 0 Å². The zero-order valence-corrected chi connectivity index (χ0v) is 24.2. The minimum Gasteiger partial charge on any atom is -0.458 e. The highest BCUT2D eigenvalue weighted by Crippen LogP contribution is 2.69. The van der Waals surface area contributed by atoms with Crippen molar-refractivity contribution in [3.8, 4) is 0 Å². The maximum absolute atomic E-state index is 13.5. The summed E-state index contributed by atoms with van der Waals surface area (Å²) >= 11 is 0. The highest BCUT2D eigenvalue weighted by molar-refractivity contribution is 6.00. The second-order valence-electron chi connectivity index (χ2n) is 12.9. The van der Waals surface area contributed by atoms with Crippen molar-refractivity contribution in [2.24, 2.45) is 28.1 Å². The zero-order valence-electron chi connectivity index (χ0n) is 24.2. The van der Waals surface area contributed by atoms with E-state index in [4.69, 9.17) is 4.74 Å². The number of fused-ring (bicyclic) bond motifs is 3. The van der Waals surface area contributed by atoms with Gasteiger partial charge >= 0.3 is 5.97 Å². The topological polar surface area (TPSA) is 83.8 Å². The number of aliphatic hydroxyl groups excluding tert-OH is 2. The molecule has 0 spiro atoms. The van der Waals surface area contributed by atoms with E-state index in [1.54, 1.807) is 0 Å². The number of allylic oxidation sites excluding steroid dienone is 6. The largest absolute Gasteiger partial charge is 0.458 e. The van der Waals surface area contributed by atoms with E-state index in [9.17, 15) is 19.8 Å². The van der Waals surface area contributed by atoms with E-state index in [-0.39, 0.29) is 47.1 Å². The first-order valence-electron chi connectivity index (χ1n) is 13.9. The van der Waals surface area contributed by atoms with E-state index in [0.29, 0.717) is 19.3 Å². The molecule has 5 nitrogen and oxygen atoms in total. The van der Waals surface area contributed by atoms with Gasteiger partial charge < -0.3 is 14.9 Å². The fourth-order valence-electron chi connectivity index (χ4n) is 8.01. The molecule has 5 heteroatoms. The summed E-state index contributed by atoms with van der Waals surface area (Å²) in [6, 6.07) is 0. The Morgan fingerprint density at radius 3 is 2.35 bits per heavy atom. The minimum absolute atomic E-state index is 0.0239. The van der Waals surface area contributed by atoms with Crippen molar-refractivity contribution in [1.82, 2.24) is 0 Å². The quantitative estimate of drug-likeness (QED) is 0.182. The van der Waals surface area contributed by atoms with Crippen molar-refractivity contribution in [1.29, 1.82) is 0 Å². The van der Waals surface area contributed by atoms with Crippen LogP contribution in [0.1, 0.15) is 93.9 Å². The van der Waals surface area contributed by atoms with Crippen LogP contribution >= 0.6 is 0 Å². The van der Waals surface area contributed by atoms with Gasteiger partial charge in [-0.2, -0.15) is 0 Å². The van der Waals surface area contributed by atoms with E-state index in [0.717, 1.165) is 36.0 Å². The number of carbonyl (C=O) groups is 2. The molecule has 206 valence electrons. The van der Waals surface area contributed by atoms with Gasteiger partial charge in [0.25, 0.3) is 0 Å². The third-order valence-electron chi connectivity index (χ3n) is 10.1. The molecule has 3 aliphatic carbocycles. The van der Waals surface area contributed by atoms with E-state index < -0.39 is 11.5 Å². The van der Waals surface area contributed by atoms with Gasteiger partial charge in [0, 0.05) is 36.2 Å². The molecule has 0 unspecified atom stereocenters. The molecule has 0 aromatic heterocycles. The van der Waals surface area contributed by atoms with Gasteiger partial charge in [0.2, 0.25) is 0 Å². The summed E-state index contributed by atoms with van der Waals surface area (Å²) in [5, 5.41) is 21.1. The standard InChI is InChI=1S/C32H48O5/c1-20(2)12-13-25(37-23(5)34)21(3)10-9-11-22(4)29-24(35)18-27-30(6)17-15-28(36)32(8,19-33)26(30)14-16-31(27,29)7/h9-12,25-28,33,36H,13-19H2,1-8H3/b11-9+,21-10+,29-22+/t25-,26+,27-,28+,30-,31-,32+/m0/s1. The number of hydrogen-bond donors (Lipinski definition) is 2. The number of ketones is 1. The second kappa shape index (κ2) is 11.0. The number of esters is 1. The summed E-state index contributed by atoms with van der Waals surface area (Å²) in [6.45, 7) is 16.0. The van der Waals surface area contributed by atoms with Crippen molar-refractivity contribution >= 4 is 11.8 Å². The Bertz CT molecular complexity index is 1030. The third-order valence-corrected chi connectivity index (χ3v) is 10.1.